The molecule has 0 saturated heterocycles. The van der Waals surface area contributed by atoms with E-state index in [9.17, 15) is 4.79 Å². The summed E-state index contributed by atoms with van der Waals surface area (Å²) in [5.74, 6) is 0.470. The lowest BCUT2D eigenvalue weighted by Gasteiger charge is -2.18. The third-order valence-electron chi connectivity index (χ3n) is 2.81. The predicted molar refractivity (Wildman–Crippen MR) is 60.3 cm³/mol. The number of hydrogen-bond donors (Lipinski definition) is 0. The van der Waals surface area contributed by atoms with Crippen LogP contribution in [-0.4, -0.2) is 12.6 Å². The number of carbonyl (C=O) groups is 1. The van der Waals surface area contributed by atoms with Gasteiger partial charge in [0.15, 0.2) is 0 Å². The first-order valence-electron chi connectivity index (χ1n) is 5.41. The molecule has 1 atom stereocenters. The van der Waals surface area contributed by atoms with Crippen molar-refractivity contribution in [1.29, 1.82) is 0 Å². The monoisotopic (exact) mass is 223 g/mol. The maximum absolute atomic E-state index is 11.6. The Bertz CT molecular complexity index is 368. The summed E-state index contributed by atoms with van der Waals surface area (Å²) in [4.78, 5) is 13.0. The largest absolute Gasteiger partial charge is 0.462 e. The molecule has 1 radical (unpaired) electrons. The molecule has 1 heterocycles. The van der Waals surface area contributed by atoms with Gasteiger partial charge in [0.05, 0.1) is 17.6 Å². The van der Waals surface area contributed by atoms with Gasteiger partial charge in [-0.15, -0.1) is 11.3 Å². The molecule has 0 amide bonds. The first kappa shape index (κ1) is 10.7. The highest BCUT2D eigenvalue weighted by molar-refractivity contribution is 7.10. The average Bonchev–Trinajstić information content (AvgIpc) is 2.60. The minimum Gasteiger partial charge on any atom is -0.462 e. The molecule has 0 saturated carbocycles. The topological polar surface area (TPSA) is 26.3 Å². The van der Waals surface area contributed by atoms with E-state index in [-0.39, 0.29) is 5.97 Å². The highest BCUT2D eigenvalue weighted by Gasteiger charge is 2.24. The van der Waals surface area contributed by atoms with E-state index in [1.165, 1.54) is 16.9 Å². The summed E-state index contributed by atoms with van der Waals surface area (Å²) < 4.78 is 5.02. The van der Waals surface area contributed by atoms with Crippen molar-refractivity contribution in [3.05, 3.63) is 21.4 Å². The van der Waals surface area contributed by atoms with E-state index in [0.29, 0.717) is 18.1 Å². The first-order valence-corrected chi connectivity index (χ1v) is 6.23. The van der Waals surface area contributed by atoms with Crippen LogP contribution in [0.4, 0.5) is 0 Å². The van der Waals surface area contributed by atoms with Gasteiger partial charge in [-0.1, -0.05) is 6.92 Å². The van der Waals surface area contributed by atoms with Crippen molar-refractivity contribution in [3.8, 4) is 0 Å². The van der Waals surface area contributed by atoms with Crippen LogP contribution in [0.2, 0.25) is 0 Å². The molecule has 0 aromatic carbocycles. The summed E-state index contributed by atoms with van der Waals surface area (Å²) >= 11 is 1.58. The Kier molecular flexibility index (Phi) is 3.10. The van der Waals surface area contributed by atoms with Crippen molar-refractivity contribution in [2.75, 3.05) is 6.61 Å². The molecule has 1 aliphatic carbocycles. The zero-order chi connectivity index (χ0) is 10.8. The van der Waals surface area contributed by atoms with Crippen molar-refractivity contribution in [1.82, 2.24) is 0 Å². The lowest BCUT2D eigenvalue weighted by molar-refractivity contribution is 0.0525. The normalized spacial score (nSPS) is 19.7. The highest BCUT2D eigenvalue weighted by Crippen LogP contribution is 2.32. The van der Waals surface area contributed by atoms with Gasteiger partial charge in [0.1, 0.15) is 0 Å². The molecule has 15 heavy (non-hydrogen) atoms. The van der Waals surface area contributed by atoms with Crippen molar-refractivity contribution in [3.63, 3.8) is 0 Å². The fraction of sp³-hybridized carbons (Fsp3) is 0.583. The Balaban J connectivity index is 2.26. The third-order valence-corrected chi connectivity index (χ3v) is 3.81. The number of carbonyl (C=O) groups excluding carboxylic acids is 1. The van der Waals surface area contributed by atoms with Crippen molar-refractivity contribution in [2.24, 2.45) is 5.92 Å². The molecule has 0 N–H and O–H groups in total. The first-order chi connectivity index (χ1) is 7.22. The Hall–Kier alpha value is -0.830. The molecule has 1 aromatic heterocycles. The van der Waals surface area contributed by atoms with E-state index in [1.54, 1.807) is 11.3 Å². The van der Waals surface area contributed by atoms with Crippen molar-refractivity contribution < 1.29 is 9.53 Å². The van der Waals surface area contributed by atoms with Crippen LogP contribution < -0.4 is 0 Å². The van der Waals surface area contributed by atoms with E-state index in [1.807, 2.05) is 6.92 Å². The molecule has 2 rings (SSSR count). The molecule has 0 fully saturated rings. The number of esters is 1. The molecule has 3 heteroatoms. The van der Waals surface area contributed by atoms with Gasteiger partial charge in [-0.3, -0.25) is 0 Å². The summed E-state index contributed by atoms with van der Waals surface area (Å²) in [5.41, 5.74) is 1.88. The summed E-state index contributed by atoms with van der Waals surface area (Å²) in [7, 11) is 0. The SMILES string of the molecule is CCOC(=O)c1[c]sc2c1CC(C)CC2. The van der Waals surface area contributed by atoms with E-state index in [2.05, 4.69) is 12.3 Å². The maximum atomic E-state index is 11.6. The molecule has 2 nitrogen and oxygen atoms in total. The van der Waals surface area contributed by atoms with Crippen molar-refractivity contribution >= 4 is 17.3 Å². The standard InChI is InChI=1S/C12H15O2S/c1-3-14-12(13)10-7-15-11-5-4-8(2)6-9(10)11/h8H,3-6H2,1-2H3. The quantitative estimate of drug-likeness (QED) is 0.721. The lowest BCUT2D eigenvalue weighted by atomic mass is 9.88. The number of thiophene rings is 1. The lowest BCUT2D eigenvalue weighted by Crippen LogP contribution is -2.13. The second-order valence-electron chi connectivity index (χ2n) is 4.05. The molecule has 1 unspecified atom stereocenters. The maximum Gasteiger partial charge on any atom is 0.339 e. The zero-order valence-corrected chi connectivity index (χ0v) is 9.95. The molecule has 0 aliphatic heterocycles. The minimum atomic E-state index is -0.205. The highest BCUT2D eigenvalue weighted by atomic mass is 32.1. The fourth-order valence-corrected chi connectivity index (χ4v) is 2.95. The van der Waals surface area contributed by atoms with E-state index in [0.717, 1.165) is 12.8 Å². The summed E-state index contributed by atoms with van der Waals surface area (Å²) in [5, 5.41) is 3.09. The second-order valence-corrected chi connectivity index (χ2v) is 4.95. The Morgan fingerprint density at radius 3 is 3.20 bits per heavy atom. The van der Waals surface area contributed by atoms with Crippen LogP contribution in [0, 0.1) is 11.3 Å². The van der Waals surface area contributed by atoms with Crippen LogP contribution in [0.15, 0.2) is 0 Å². The van der Waals surface area contributed by atoms with Gasteiger partial charge in [-0.2, -0.15) is 0 Å². The van der Waals surface area contributed by atoms with Gasteiger partial charge in [-0.05, 0) is 37.7 Å². The molecular weight excluding hydrogens is 208 g/mol. The number of hydrogen-bond acceptors (Lipinski definition) is 3. The van der Waals surface area contributed by atoms with Gasteiger partial charge >= 0.3 is 5.97 Å². The van der Waals surface area contributed by atoms with Crippen LogP contribution in [0.3, 0.4) is 0 Å². The number of aryl methyl sites for hydroxylation is 1. The fourth-order valence-electron chi connectivity index (χ4n) is 1.99. The van der Waals surface area contributed by atoms with Gasteiger partial charge in [0, 0.05) is 4.88 Å². The average molecular weight is 223 g/mol. The molecular formula is C12H15O2S. The number of fused-ring (bicyclic) bond motifs is 1. The minimum absolute atomic E-state index is 0.205. The molecule has 81 valence electrons. The molecule has 0 spiro atoms. The summed E-state index contributed by atoms with van der Waals surface area (Å²) in [6, 6.07) is 0. The van der Waals surface area contributed by atoms with Gasteiger partial charge in [0.2, 0.25) is 0 Å². The third kappa shape index (κ3) is 2.07. The van der Waals surface area contributed by atoms with Gasteiger partial charge < -0.3 is 4.74 Å². The second kappa shape index (κ2) is 4.35. The number of ether oxygens (including phenoxy) is 1. The van der Waals surface area contributed by atoms with Crippen LogP contribution in [-0.2, 0) is 17.6 Å². The van der Waals surface area contributed by atoms with Gasteiger partial charge in [-0.25, -0.2) is 4.79 Å². The summed E-state index contributed by atoms with van der Waals surface area (Å²) in [6.45, 7) is 4.50. The smallest absolute Gasteiger partial charge is 0.339 e. The van der Waals surface area contributed by atoms with E-state index in [4.69, 9.17) is 4.74 Å². The van der Waals surface area contributed by atoms with Crippen LogP contribution in [0.25, 0.3) is 0 Å². The predicted octanol–water partition coefficient (Wildman–Crippen LogP) is 2.85. The molecule has 1 aromatic rings. The Morgan fingerprint density at radius 1 is 1.67 bits per heavy atom. The summed E-state index contributed by atoms with van der Waals surface area (Å²) in [6.07, 6.45) is 3.32. The number of rotatable bonds is 2. The van der Waals surface area contributed by atoms with E-state index < -0.39 is 0 Å². The Morgan fingerprint density at radius 2 is 2.47 bits per heavy atom. The van der Waals surface area contributed by atoms with Crippen LogP contribution in [0.5, 0.6) is 0 Å². The molecule has 0 bridgehead atoms. The van der Waals surface area contributed by atoms with Crippen molar-refractivity contribution in [2.45, 2.75) is 33.1 Å². The Labute approximate surface area is 94.3 Å². The van der Waals surface area contributed by atoms with Gasteiger partial charge in [0.25, 0.3) is 0 Å². The van der Waals surface area contributed by atoms with E-state index >= 15 is 0 Å². The molecule has 1 aliphatic rings. The van der Waals surface area contributed by atoms with Crippen LogP contribution in [0.1, 0.15) is 41.1 Å². The zero-order valence-electron chi connectivity index (χ0n) is 9.13. The van der Waals surface area contributed by atoms with Crippen LogP contribution >= 0.6 is 11.3 Å².